The van der Waals surface area contributed by atoms with Gasteiger partial charge in [0.1, 0.15) is 6.33 Å². The number of aromatic nitrogens is 3. The van der Waals surface area contributed by atoms with Crippen molar-refractivity contribution in [2.75, 3.05) is 5.32 Å². The zero-order chi connectivity index (χ0) is 13.7. The van der Waals surface area contributed by atoms with E-state index in [1.54, 1.807) is 17.9 Å². The summed E-state index contributed by atoms with van der Waals surface area (Å²) in [6, 6.07) is 9.06. The van der Waals surface area contributed by atoms with Gasteiger partial charge in [0.15, 0.2) is 5.82 Å². The second-order valence-corrected chi connectivity index (χ2v) is 4.29. The first-order valence-electron chi connectivity index (χ1n) is 6.09. The summed E-state index contributed by atoms with van der Waals surface area (Å²) in [5.41, 5.74) is 0.789. The summed E-state index contributed by atoms with van der Waals surface area (Å²) in [5.74, 6) is 0.587. The minimum Gasteiger partial charge on any atom is -0.325 e. The van der Waals surface area contributed by atoms with Crippen molar-refractivity contribution in [2.45, 2.75) is 19.5 Å². The highest BCUT2D eigenvalue weighted by molar-refractivity contribution is 5.94. The molecule has 1 atom stereocenters. The van der Waals surface area contributed by atoms with Crippen LogP contribution in [0.2, 0.25) is 0 Å². The van der Waals surface area contributed by atoms with Gasteiger partial charge in [-0.25, -0.2) is 4.98 Å². The van der Waals surface area contributed by atoms with Gasteiger partial charge in [0, 0.05) is 12.7 Å². The van der Waals surface area contributed by atoms with Crippen molar-refractivity contribution in [2.24, 2.45) is 7.05 Å². The highest BCUT2D eigenvalue weighted by atomic mass is 16.2. The summed E-state index contributed by atoms with van der Waals surface area (Å²) in [7, 11) is 1.81. The van der Waals surface area contributed by atoms with Crippen LogP contribution in [0.15, 0.2) is 36.7 Å². The molecule has 2 N–H and O–H groups in total. The van der Waals surface area contributed by atoms with E-state index in [-0.39, 0.29) is 11.9 Å². The topological polar surface area (TPSA) is 71.8 Å². The fourth-order valence-corrected chi connectivity index (χ4v) is 1.57. The predicted molar refractivity (Wildman–Crippen MR) is 72.4 cm³/mol. The Morgan fingerprint density at radius 1 is 1.37 bits per heavy atom. The maximum atomic E-state index is 11.9. The zero-order valence-corrected chi connectivity index (χ0v) is 11.0. The van der Waals surface area contributed by atoms with Gasteiger partial charge in [0.25, 0.3) is 0 Å². The molecule has 0 saturated heterocycles. The number of benzene rings is 1. The van der Waals surface area contributed by atoms with Gasteiger partial charge < -0.3 is 5.32 Å². The number of carbonyl (C=O) groups is 1. The molecule has 0 spiro atoms. The maximum Gasteiger partial charge on any atom is 0.241 e. The lowest BCUT2D eigenvalue weighted by molar-refractivity contribution is -0.117. The first-order valence-corrected chi connectivity index (χ1v) is 6.09. The number of para-hydroxylation sites is 1. The second kappa shape index (κ2) is 6.10. The number of hydrogen-bond acceptors (Lipinski definition) is 4. The summed E-state index contributed by atoms with van der Waals surface area (Å²) in [6.45, 7) is 2.27. The first-order chi connectivity index (χ1) is 9.15. The van der Waals surface area contributed by atoms with Crippen molar-refractivity contribution in [1.82, 2.24) is 20.1 Å². The number of nitrogens with zero attached hydrogens (tertiary/aromatic N) is 3. The van der Waals surface area contributed by atoms with Crippen LogP contribution in [0.1, 0.15) is 12.7 Å². The van der Waals surface area contributed by atoms with Crippen molar-refractivity contribution in [3.05, 3.63) is 42.5 Å². The Labute approximate surface area is 111 Å². The van der Waals surface area contributed by atoms with Crippen LogP contribution >= 0.6 is 0 Å². The molecule has 1 amide bonds. The Balaban J connectivity index is 1.82. The van der Waals surface area contributed by atoms with Gasteiger partial charge in [-0.1, -0.05) is 18.2 Å². The molecule has 0 aliphatic carbocycles. The molecule has 0 radical (unpaired) electrons. The number of anilines is 1. The van der Waals surface area contributed by atoms with Crippen LogP contribution in [-0.2, 0) is 18.4 Å². The molecular formula is C13H17N5O. The molecule has 0 saturated carbocycles. The van der Waals surface area contributed by atoms with E-state index in [0.717, 1.165) is 5.69 Å². The molecule has 6 nitrogen and oxygen atoms in total. The van der Waals surface area contributed by atoms with E-state index in [4.69, 9.17) is 0 Å². The summed E-state index contributed by atoms with van der Waals surface area (Å²) >= 11 is 0. The van der Waals surface area contributed by atoms with Gasteiger partial charge in [0.2, 0.25) is 5.91 Å². The van der Waals surface area contributed by atoms with Gasteiger partial charge in [-0.3, -0.25) is 14.8 Å². The van der Waals surface area contributed by atoms with Crippen LogP contribution < -0.4 is 10.6 Å². The molecule has 19 heavy (non-hydrogen) atoms. The van der Waals surface area contributed by atoms with Gasteiger partial charge in [-0.15, -0.1) is 0 Å². The minimum absolute atomic E-state index is 0.0814. The Bertz CT molecular complexity index is 537. The van der Waals surface area contributed by atoms with E-state index in [1.165, 1.54) is 0 Å². The normalized spacial score (nSPS) is 12.1. The average molecular weight is 259 g/mol. The molecule has 6 heteroatoms. The average Bonchev–Trinajstić information content (AvgIpc) is 2.83. The van der Waals surface area contributed by atoms with Crippen LogP contribution in [0.4, 0.5) is 5.69 Å². The monoisotopic (exact) mass is 259 g/mol. The van der Waals surface area contributed by atoms with Gasteiger partial charge >= 0.3 is 0 Å². The number of aryl methyl sites for hydroxylation is 1. The third-order valence-electron chi connectivity index (χ3n) is 2.65. The molecule has 1 aromatic carbocycles. The van der Waals surface area contributed by atoms with Crippen molar-refractivity contribution in [3.8, 4) is 0 Å². The molecule has 0 bridgehead atoms. The van der Waals surface area contributed by atoms with E-state index in [2.05, 4.69) is 20.7 Å². The molecule has 100 valence electrons. The van der Waals surface area contributed by atoms with Crippen molar-refractivity contribution in [3.63, 3.8) is 0 Å². The lowest BCUT2D eigenvalue weighted by Gasteiger charge is -2.12. The Morgan fingerprint density at radius 3 is 2.74 bits per heavy atom. The third-order valence-corrected chi connectivity index (χ3v) is 2.65. The fourth-order valence-electron chi connectivity index (χ4n) is 1.57. The molecular weight excluding hydrogens is 242 g/mol. The highest BCUT2D eigenvalue weighted by Gasteiger charge is 2.12. The van der Waals surface area contributed by atoms with Crippen molar-refractivity contribution < 1.29 is 4.79 Å². The number of nitrogens with one attached hydrogen (secondary N) is 2. The van der Waals surface area contributed by atoms with Gasteiger partial charge in [0.05, 0.1) is 12.6 Å². The summed E-state index contributed by atoms with van der Waals surface area (Å²) in [5, 5.41) is 10.1. The quantitative estimate of drug-likeness (QED) is 0.838. The lowest BCUT2D eigenvalue weighted by Crippen LogP contribution is -2.37. The molecule has 1 unspecified atom stereocenters. The van der Waals surface area contributed by atoms with E-state index in [0.29, 0.717) is 12.4 Å². The van der Waals surface area contributed by atoms with E-state index >= 15 is 0 Å². The number of carbonyl (C=O) groups excluding carboxylic acids is 1. The molecule has 0 aliphatic heterocycles. The Hall–Kier alpha value is -2.21. The van der Waals surface area contributed by atoms with Crippen molar-refractivity contribution >= 4 is 11.6 Å². The fraction of sp³-hybridized carbons (Fsp3) is 0.308. The SMILES string of the molecule is CC(NCc1ncn(C)n1)C(=O)Nc1ccccc1. The second-order valence-electron chi connectivity index (χ2n) is 4.29. The van der Waals surface area contributed by atoms with Crippen LogP contribution in [0, 0.1) is 0 Å². The Morgan fingerprint density at radius 2 is 2.11 bits per heavy atom. The van der Waals surface area contributed by atoms with E-state index < -0.39 is 0 Å². The minimum atomic E-state index is -0.316. The standard InChI is InChI=1S/C13H17N5O/c1-10(14-8-12-15-9-18(2)17-12)13(19)16-11-6-4-3-5-7-11/h3-7,9-10,14H,8H2,1-2H3,(H,16,19). The molecule has 1 aromatic heterocycles. The zero-order valence-electron chi connectivity index (χ0n) is 11.0. The smallest absolute Gasteiger partial charge is 0.241 e. The summed E-state index contributed by atoms with van der Waals surface area (Å²) in [6.07, 6.45) is 1.63. The van der Waals surface area contributed by atoms with Crippen LogP contribution in [-0.4, -0.2) is 26.7 Å². The highest BCUT2D eigenvalue weighted by Crippen LogP contribution is 2.05. The third kappa shape index (κ3) is 3.89. The van der Waals surface area contributed by atoms with Gasteiger partial charge in [-0.2, -0.15) is 5.10 Å². The summed E-state index contributed by atoms with van der Waals surface area (Å²) < 4.78 is 1.63. The largest absolute Gasteiger partial charge is 0.325 e. The Kier molecular flexibility index (Phi) is 4.25. The molecule has 2 rings (SSSR count). The molecule has 1 heterocycles. The molecule has 0 aliphatic rings. The van der Waals surface area contributed by atoms with Crippen LogP contribution in [0.5, 0.6) is 0 Å². The predicted octanol–water partition coefficient (Wildman–Crippen LogP) is 0.932. The lowest BCUT2D eigenvalue weighted by atomic mass is 10.2. The molecule has 2 aromatic rings. The first kappa shape index (κ1) is 13.2. The van der Waals surface area contributed by atoms with E-state index in [9.17, 15) is 4.79 Å². The number of rotatable bonds is 5. The van der Waals surface area contributed by atoms with Gasteiger partial charge in [-0.05, 0) is 19.1 Å². The number of amides is 1. The van der Waals surface area contributed by atoms with Crippen LogP contribution in [0.25, 0.3) is 0 Å². The van der Waals surface area contributed by atoms with Crippen molar-refractivity contribution in [1.29, 1.82) is 0 Å². The number of hydrogen-bond donors (Lipinski definition) is 2. The maximum absolute atomic E-state index is 11.9. The summed E-state index contributed by atoms with van der Waals surface area (Å²) in [4.78, 5) is 16.0. The van der Waals surface area contributed by atoms with Crippen LogP contribution in [0.3, 0.4) is 0 Å². The van der Waals surface area contributed by atoms with E-state index in [1.807, 2.05) is 37.4 Å². The molecule has 0 fully saturated rings.